The lowest BCUT2D eigenvalue weighted by Crippen LogP contribution is -2.40. The van der Waals surface area contributed by atoms with Crippen LogP contribution in [0.25, 0.3) is 0 Å². The van der Waals surface area contributed by atoms with Crippen LogP contribution >= 0.6 is 0 Å². The molecular formula is C14H15N3O2. The van der Waals surface area contributed by atoms with Crippen molar-refractivity contribution in [2.75, 3.05) is 0 Å². The van der Waals surface area contributed by atoms with Crippen LogP contribution in [0.4, 0.5) is 4.79 Å². The Kier molecular flexibility index (Phi) is 4.36. The van der Waals surface area contributed by atoms with Crippen LogP contribution in [-0.4, -0.2) is 6.03 Å². The number of hydrogen-bond donors (Lipinski definition) is 3. The van der Waals surface area contributed by atoms with Crippen molar-refractivity contribution in [1.29, 1.82) is 0 Å². The molecule has 2 amide bonds. The third-order valence-corrected chi connectivity index (χ3v) is 2.41. The van der Waals surface area contributed by atoms with Gasteiger partial charge >= 0.3 is 6.03 Å². The molecule has 5 nitrogen and oxygen atoms in total. The molecule has 19 heavy (non-hydrogen) atoms. The summed E-state index contributed by atoms with van der Waals surface area (Å²) in [5.74, 6) is 1.56. The van der Waals surface area contributed by atoms with E-state index in [1.54, 1.807) is 0 Å². The van der Waals surface area contributed by atoms with Gasteiger partial charge in [-0.15, -0.1) is 0 Å². The number of urea groups is 1. The number of ether oxygens (including phenoxy) is 1. The number of nitrogens with two attached hydrogens (primary N) is 1. The smallest absolute Gasteiger partial charge is 0.326 e. The molecule has 0 heterocycles. The van der Waals surface area contributed by atoms with Gasteiger partial charge in [-0.05, 0) is 29.8 Å². The second kappa shape index (κ2) is 6.42. The summed E-state index contributed by atoms with van der Waals surface area (Å²) in [5, 5.41) is 0. The lowest BCUT2D eigenvalue weighted by molar-refractivity contribution is 0.244. The first-order valence-electron chi connectivity index (χ1n) is 5.84. The molecule has 0 saturated heterocycles. The quantitative estimate of drug-likeness (QED) is 0.718. The number of carbonyl (C=O) groups is 1. The van der Waals surface area contributed by atoms with Gasteiger partial charge in [0, 0.05) is 6.54 Å². The maximum absolute atomic E-state index is 10.5. The molecule has 4 N–H and O–H groups in total. The van der Waals surface area contributed by atoms with Gasteiger partial charge in [0.05, 0.1) is 0 Å². The van der Waals surface area contributed by atoms with E-state index in [2.05, 4.69) is 10.9 Å². The predicted molar refractivity (Wildman–Crippen MR) is 72.5 cm³/mol. The molecule has 0 aliphatic rings. The zero-order valence-electron chi connectivity index (χ0n) is 10.3. The fraction of sp³-hybridized carbons (Fsp3) is 0.0714. The Morgan fingerprint density at radius 1 is 1.00 bits per heavy atom. The van der Waals surface area contributed by atoms with E-state index in [1.807, 2.05) is 54.6 Å². The molecule has 0 radical (unpaired) electrons. The van der Waals surface area contributed by atoms with Gasteiger partial charge in [-0.2, -0.15) is 0 Å². The topological polar surface area (TPSA) is 76.4 Å². The molecule has 0 unspecified atom stereocenters. The summed E-state index contributed by atoms with van der Waals surface area (Å²) in [4.78, 5) is 10.5. The first-order chi connectivity index (χ1) is 9.24. The number of amides is 2. The normalized spacial score (nSPS) is 9.89. The highest BCUT2D eigenvalue weighted by atomic mass is 16.5. The summed E-state index contributed by atoms with van der Waals surface area (Å²) < 4.78 is 5.67. The lowest BCUT2D eigenvalue weighted by atomic mass is 10.2. The van der Waals surface area contributed by atoms with Crippen molar-refractivity contribution in [2.24, 2.45) is 5.73 Å². The molecule has 0 aliphatic heterocycles. The van der Waals surface area contributed by atoms with Crippen molar-refractivity contribution in [3.05, 3.63) is 60.2 Å². The summed E-state index contributed by atoms with van der Waals surface area (Å²) >= 11 is 0. The third kappa shape index (κ3) is 4.33. The van der Waals surface area contributed by atoms with E-state index in [0.29, 0.717) is 6.54 Å². The molecule has 2 rings (SSSR count). The average Bonchev–Trinajstić information content (AvgIpc) is 2.42. The summed E-state index contributed by atoms with van der Waals surface area (Å²) in [6.45, 7) is 0.495. The highest BCUT2D eigenvalue weighted by Crippen LogP contribution is 2.20. The first-order valence-corrected chi connectivity index (χ1v) is 5.84. The van der Waals surface area contributed by atoms with E-state index in [-0.39, 0.29) is 0 Å². The molecule has 0 saturated carbocycles. The van der Waals surface area contributed by atoms with Gasteiger partial charge in [-0.3, -0.25) is 5.43 Å². The molecule has 5 heteroatoms. The molecule has 0 aromatic heterocycles. The third-order valence-electron chi connectivity index (χ3n) is 2.41. The van der Waals surface area contributed by atoms with Gasteiger partial charge in [0.1, 0.15) is 11.5 Å². The van der Waals surface area contributed by atoms with Gasteiger partial charge in [0.2, 0.25) is 0 Å². The van der Waals surface area contributed by atoms with Crippen molar-refractivity contribution in [1.82, 2.24) is 10.9 Å². The Hall–Kier alpha value is -2.53. The molecule has 0 bridgehead atoms. The largest absolute Gasteiger partial charge is 0.457 e. The highest BCUT2D eigenvalue weighted by Gasteiger charge is 1.98. The lowest BCUT2D eigenvalue weighted by Gasteiger charge is -2.07. The number of rotatable bonds is 5. The van der Waals surface area contributed by atoms with Gasteiger partial charge in [0.25, 0.3) is 0 Å². The minimum absolute atomic E-state index is 0.495. The molecule has 2 aromatic rings. The number of primary amides is 1. The van der Waals surface area contributed by atoms with Crippen LogP contribution in [0.2, 0.25) is 0 Å². The Morgan fingerprint density at radius 2 is 1.63 bits per heavy atom. The van der Waals surface area contributed by atoms with Crippen LogP contribution in [0.1, 0.15) is 5.56 Å². The van der Waals surface area contributed by atoms with Gasteiger partial charge in [0.15, 0.2) is 0 Å². The summed E-state index contributed by atoms with van der Waals surface area (Å²) in [6.07, 6.45) is 0. The number of benzene rings is 2. The van der Waals surface area contributed by atoms with Crippen molar-refractivity contribution in [2.45, 2.75) is 6.54 Å². The van der Waals surface area contributed by atoms with Gasteiger partial charge < -0.3 is 10.5 Å². The Labute approximate surface area is 111 Å². The zero-order valence-corrected chi connectivity index (χ0v) is 10.3. The van der Waals surface area contributed by atoms with Crippen LogP contribution in [0.15, 0.2) is 54.6 Å². The highest BCUT2D eigenvalue weighted by molar-refractivity contribution is 5.70. The Bertz CT molecular complexity index is 526. The monoisotopic (exact) mass is 257 g/mol. The standard InChI is InChI=1S/C14H15N3O2/c15-14(18)17-16-10-11-6-8-13(9-7-11)19-12-4-2-1-3-5-12/h1-9,16H,10H2,(H3,15,17,18). The van der Waals surface area contributed by atoms with Crippen LogP contribution in [-0.2, 0) is 6.54 Å². The van der Waals surface area contributed by atoms with E-state index in [4.69, 9.17) is 10.5 Å². The zero-order chi connectivity index (χ0) is 13.5. The van der Waals surface area contributed by atoms with Crippen LogP contribution in [0.5, 0.6) is 11.5 Å². The predicted octanol–water partition coefficient (Wildman–Crippen LogP) is 2.15. The second-order valence-electron chi connectivity index (χ2n) is 3.90. The van der Waals surface area contributed by atoms with Crippen molar-refractivity contribution >= 4 is 6.03 Å². The van der Waals surface area contributed by atoms with E-state index in [1.165, 1.54) is 0 Å². The fourth-order valence-electron chi connectivity index (χ4n) is 1.53. The van der Waals surface area contributed by atoms with E-state index < -0.39 is 6.03 Å². The van der Waals surface area contributed by atoms with Crippen LogP contribution in [0.3, 0.4) is 0 Å². The Balaban J connectivity index is 1.89. The number of carbonyl (C=O) groups excluding carboxylic acids is 1. The molecule has 0 atom stereocenters. The average molecular weight is 257 g/mol. The van der Waals surface area contributed by atoms with Crippen molar-refractivity contribution < 1.29 is 9.53 Å². The number of hydrogen-bond acceptors (Lipinski definition) is 3. The van der Waals surface area contributed by atoms with Gasteiger partial charge in [-0.25, -0.2) is 10.2 Å². The maximum atomic E-state index is 10.5. The van der Waals surface area contributed by atoms with E-state index >= 15 is 0 Å². The molecular weight excluding hydrogens is 242 g/mol. The van der Waals surface area contributed by atoms with Crippen molar-refractivity contribution in [3.63, 3.8) is 0 Å². The number of hydrazine groups is 1. The van der Waals surface area contributed by atoms with Crippen molar-refractivity contribution in [3.8, 4) is 11.5 Å². The second-order valence-corrected chi connectivity index (χ2v) is 3.90. The molecule has 0 spiro atoms. The van der Waals surface area contributed by atoms with Gasteiger partial charge in [-0.1, -0.05) is 30.3 Å². The minimum atomic E-state index is -0.607. The summed E-state index contributed by atoms with van der Waals surface area (Å²) in [5.41, 5.74) is 11.0. The summed E-state index contributed by atoms with van der Waals surface area (Å²) in [6, 6.07) is 16.5. The minimum Gasteiger partial charge on any atom is -0.457 e. The number of para-hydroxylation sites is 1. The maximum Gasteiger partial charge on any atom is 0.326 e. The van der Waals surface area contributed by atoms with Crippen LogP contribution < -0.4 is 21.3 Å². The number of nitrogens with one attached hydrogen (secondary N) is 2. The molecule has 2 aromatic carbocycles. The molecule has 0 fully saturated rings. The molecule has 0 aliphatic carbocycles. The first kappa shape index (κ1) is 12.9. The molecule has 98 valence electrons. The van der Waals surface area contributed by atoms with E-state index in [0.717, 1.165) is 17.1 Å². The summed E-state index contributed by atoms with van der Waals surface area (Å²) in [7, 11) is 0. The SMILES string of the molecule is NC(=O)NNCc1ccc(Oc2ccccc2)cc1. The fourth-order valence-corrected chi connectivity index (χ4v) is 1.53. The van der Waals surface area contributed by atoms with Crippen LogP contribution in [0, 0.1) is 0 Å². The Morgan fingerprint density at radius 3 is 2.26 bits per heavy atom. The van der Waals surface area contributed by atoms with E-state index in [9.17, 15) is 4.79 Å².